The van der Waals surface area contributed by atoms with Crippen LogP contribution in [-0.4, -0.2) is 52.4 Å². The van der Waals surface area contributed by atoms with Crippen molar-refractivity contribution >= 4 is 18.9 Å². The minimum absolute atomic E-state index is 0.0273. The minimum atomic E-state index is -1.64. The molecule has 1 aliphatic rings. The second-order valence-corrected chi connectivity index (χ2v) is 4.41. The Kier molecular flexibility index (Phi) is 4.89. The Bertz CT molecular complexity index is 372. The van der Waals surface area contributed by atoms with Crippen LogP contribution >= 0.6 is 0 Å². The average molecular weight is 255 g/mol. The summed E-state index contributed by atoms with van der Waals surface area (Å²) in [6.45, 7) is 2.00. The number of primary amides is 1. The first-order chi connectivity index (χ1) is 8.34. The lowest BCUT2D eigenvalue weighted by Gasteiger charge is -2.28. The molecule has 0 bridgehead atoms. The van der Waals surface area contributed by atoms with Gasteiger partial charge < -0.3 is 26.4 Å². The van der Waals surface area contributed by atoms with Gasteiger partial charge in [-0.15, -0.1) is 0 Å². The van der Waals surface area contributed by atoms with Crippen molar-refractivity contribution < 1.29 is 19.6 Å². The third kappa shape index (κ3) is 3.31. The summed E-state index contributed by atoms with van der Waals surface area (Å²) in [4.78, 5) is 23.9. The summed E-state index contributed by atoms with van der Waals surface area (Å²) in [5, 5.41) is 18.5. The number of amides is 2. The van der Waals surface area contributed by atoms with Gasteiger partial charge in [0, 0.05) is 13.0 Å². The maximum Gasteiger partial charge on any atom is 0.480 e. The second-order valence-electron chi connectivity index (χ2n) is 4.41. The molecule has 1 aliphatic heterocycles. The van der Waals surface area contributed by atoms with E-state index in [1.54, 1.807) is 13.0 Å². The summed E-state index contributed by atoms with van der Waals surface area (Å²) in [5.41, 5.74) is 11.4. The Morgan fingerprint density at radius 1 is 1.61 bits per heavy atom. The predicted molar refractivity (Wildman–Crippen MR) is 65.9 cm³/mol. The van der Waals surface area contributed by atoms with E-state index in [4.69, 9.17) is 11.5 Å². The zero-order valence-corrected chi connectivity index (χ0v) is 10.2. The molecule has 1 unspecified atom stereocenters. The number of rotatable bonds is 5. The van der Waals surface area contributed by atoms with Gasteiger partial charge in [-0.05, 0) is 13.3 Å². The van der Waals surface area contributed by atoms with Crippen LogP contribution in [0.3, 0.4) is 0 Å². The lowest BCUT2D eigenvalue weighted by Crippen LogP contribution is -2.52. The first-order valence-corrected chi connectivity index (χ1v) is 5.71. The maximum absolute atomic E-state index is 12.0. The molecule has 0 spiro atoms. The van der Waals surface area contributed by atoms with Crippen molar-refractivity contribution in [2.75, 3.05) is 6.54 Å². The normalized spacial score (nSPS) is 20.6. The zero-order chi connectivity index (χ0) is 13.9. The van der Waals surface area contributed by atoms with Crippen molar-refractivity contribution in [1.29, 1.82) is 0 Å². The van der Waals surface area contributed by atoms with E-state index in [1.807, 2.05) is 0 Å². The van der Waals surface area contributed by atoms with Gasteiger partial charge in [-0.2, -0.15) is 0 Å². The smallest absolute Gasteiger partial charge is 0.426 e. The molecule has 0 saturated carbocycles. The molecule has 8 heteroatoms. The van der Waals surface area contributed by atoms with Crippen LogP contribution in [-0.2, 0) is 9.59 Å². The van der Waals surface area contributed by atoms with Crippen LogP contribution in [0.1, 0.15) is 19.8 Å². The molecular weight excluding hydrogens is 237 g/mol. The Hall–Kier alpha value is -1.38. The van der Waals surface area contributed by atoms with E-state index in [2.05, 4.69) is 0 Å². The highest BCUT2D eigenvalue weighted by molar-refractivity contribution is 6.45. The number of carbonyl (C=O) groups excluding carboxylic acids is 2. The van der Waals surface area contributed by atoms with Gasteiger partial charge in [0.1, 0.15) is 0 Å². The average Bonchev–Trinajstić information content (AvgIpc) is 2.66. The maximum atomic E-state index is 12.0. The monoisotopic (exact) mass is 255 g/mol. The van der Waals surface area contributed by atoms with Gasteiger partial charge >= 0.3 is 7.12 Å². The van der Waals surface area contributed by atoms with E-state index in [-0.39, 0.29) is 19.4 Å². The summed E-state index contributed by atoms with van der Waals surface area (Å²) in [5.74, 6) is -1.70. The lowest BCUT2D eigenvalue weighted by atomic mass is 9.75. The molecule has 6 N–H and O–H groups in total. The number of hydrogen-bond acceptors (Lipinski definition) is 5. The number of hydrogen-bond donors (Lipinski definition) is 4. The molecule has 0 saturated heterocycles. The summed E-state index contributed by atoms with van der Waals surface area (Å²) in [6.07, 6.45) is 1.92. The highest BCUT2D eigenvalue weighted by Gasteiger charge is 2.38. The van der Waals surface area contributed by atoms with Crippen molar-refractivity contribution in [2.24, 2.45) is 11.5 Å². The third-order valence-electron chi connectivity index (χ3n) is 3.00. The molecule has 18 heavy (non-hydrogen) atoms. The van der Waals surface area contributed by atoms with Crippen molar-refractivity contribution in [3.63, 3.8) is 0 Å². The standard InChI is InChI=1S/C10H18BN3O4/c1-6-4-5-14(9(6)11(17)18)10(16)7(12)2-3-8(13)15/h4,7,9,17-18H,2-3,5,12H2,1H3,(H2,13,15)/t7-,9?/m0/s1. The van der Waals surface area contributed by atoms with Crippen LogP contribution in [0.25, 0.3) is 0 Å². The fraction of sp³-hybridized carbons (Fsp3) is 0.600. The fourth-order valence-electron chi connectivity index (χ4n) is 1.98. The molecule has 2 atom stereocenters. The summed E-state index contributed by atoms with van der Waals surface area (Å²) in [6, 6.07) is -0.863. The second kappa shape index (κ2) is 5.99. The molecule has 100 valence electrons. The Morgan fingerprint density at radius 2 is 2.22 bits per heavy atom. The Labute approximate surface area is 106 Å². The molecule has 1 heterocycles. The predicted octanol–water partition coefficient (Wildman–Crippen LogP) is -2.25. The van der Waals surface area contributed by atoms with E-state index in [0.29, 0.717) is 5.57 Å². The van der Waals surface area contributed by atoms with Crippen molar-refractivity contribution in [1.82, 2.24) is 4.90 Å². The molecule has 0 aromatic carbocycles. The van der Waals surface area contributed by atoms with Crippen LogP contribution in [0.5, 0.6) is 0 Å². The molecular formula is C10H18BN3O4. The molecule has 7 nitrogen and oxygen atoms in total. The van der Waals surface area contributed by atoms with Gasteiger partial charge in [-0.3, -0.25) is 9.59 Å². The van der Waals surface area contributed by atoms with E-state index in [1.165, 1.54) is 4.90 Å². The van der Waals surface area contributed by atoms with Crippen LogP contribution in [0.2, 0.25) is 0 Å². The highest BCUT2D eigenvalue weighted by Crippen LogP contribution is 2.20. The third-order valence-corrected chi connectivity index (χ3v) is 3.00. The van der Waals surface area contributed by atoms with Gasteiger partial charge in [0.25, 0.3) is 0 Å². The van der Waals surface area contributed by atoms with Gasteiger partial charge in [0.15, 0.2) is 0 Å². The zero-order valence-electron chi connectivity index (χ0n) is 10.2. The van der Waals surface area contributed by atoms with E-state index in [0.717, 1.165) is 0 Å². The van der Waals surface area contributed by atoms with Gasteiger partial charge in [0.2, 0.25) is 11.8 Å². The quantitative estimate of drug-likeness (QED) is 0.325. The largest absolute Gasteiger partial charge is 0.480 e. The summed E-state index contributed by atoms with van der Waals surface area (Å²) < 4.78 is 0. The molecule has 2 amide bonds. The van der Waals surface area contributed by atoms with Crippen LogP contribution in [0.4, 0.5) is 0 Å². The van der Waals surface area contributed by atoms with Crippen molar-refractivity contribution in [2.45, 2.75) is 31.7 Å². The lowest BCUT2D eigenvalue weighted by molar-refractivity contribution is -0.132. The van der Waals surface area contributed by atoms with Crippen LogP contribution in [0, 0.1) is 0 Å². The number of carbonyl (C=O) groups is 2. The van der Waals surface area contributed by atoms with E-state index in [9.17, 15) is 19.6 Å². The molecule has 1 rings (SSSR count). The number of nitrogens with two attached hydrogens (primary N) is 2. The molecule has 0 fully saturated rings. The minimum Gasteiger partial charge on any atom is -0.426 e. The number of nitrogens with zero attached hydrogens (tertiary/aromatic N) is 1. The van der Waals surface area contributed by atoms with Crippen LogP contribution < -0.4 is 11.5 Å². The summed E-state index contributed by atoms with van der Waals surface area (Å²) in [7, 11) is -1.64. The molecule has 0 aromatic heterocycles. The Balaban J connectivity index is 2.64. The molecule has 0 aromatic rings. The highest BCUT2D eigenvalue weighted by atomic mass is 16.4. The summed E-state index contributed by atoms with van der Waals surface area (Å²) >= 11 is 0. The van der Waals surface area contributed by atoms with E-state index >= 15 is 0 Å². The Morgan fingerprint density at radius 3 is 2.72 bits per heavy atom. The first-order valence-electron chi connectivity index (χ1n) is 5.71. The first kappa shape index (κ1) is 14.7. The molecule has 0 aliphatic carbocycles. The fourth-order valence-corrected chi connectivity index (χ4v) is 1.98. The van der Waals surface area contributed by atoms with Gasteiger partial charge in [-0.25, -0.2) is 0 Å². The van der Waals surface area contributed by atoms with Crippen LogP contribution in [0.15, 0.2) is 11.6 Å². The van der Waals surface area contributed by atoms with Crippen molar-refractivity contribution in [3.05, 3.63) is 11.6 Å². The van der Waals surface area contributed by atoms with E-state index < -0.39 is 30.9 Å². The topological polar surface area (TPSA) is 130 Å². The van der Waals surface area contributed by atoms with Gasteiger partial charge in [-0.1, -0.05) is 11.6 Å². The van der Waals surface area contributed by atoms with Crippen molar-refractivity contribution in [3.8, 4) is 0 Å². The SMILES string of the molecule is CC1=CCN(C(=O)[C@@H](N)CCC(N)=O)C1B(O)O. The van der Waals surface area contributed by atoms with Gasteiger partial charge in [0.05, 0.1) is 12.0 Å². The molecule has 0 radical (unpaired) electrons.